The Morgan fingerprint density at radius 2 is 1.86 bits per heavy atom. The molecule has 0 aliphatic carbocycles. The quantitative estimate of drug-likeness (QED) is 0.781. The second-order valence-corrected chi connectivity index (χ2v) is 4.45. The van der Waals surface area contributed by atoms with Crippen LogP contribution in [0.25, 0.3) is 0 Å². The molecule has 0 saturated carbocycles. The van der Waals surface area contributed by atoms with Crippen LogP contribution in [0.15, 0.2) is 18.2 Å². The van der Waals surface area contributed by atoms with E-state index in [0.717, 1.165) is 6.54 Å². The van der Waals surface area contributed by atoms with Gasteiger partial charge in [0.25, 0.3) is 0 Å². The average molecular weight is 191 g/mol. The van der Waals surface area contributed by atoms with E-state index in [1.807, 2.05) is 0 Å². The van der Waals surface area contributed by atoms with Crippen LogP contribution in [0.5, 0.6) is 0 Å². The van der Waals surface area contributed by atoms with Gasteiger partial charge >= 0.3 is 0 Å². The highest BCUT2D eigenvalue weighted by Crippen LogP contribution is 2.26. The molecule has 0 aliphatic heterocycles. The Kier molecular flexibility index (Phi) is 3.70. The van der Waals surface area contributed by atoms with Gasteiger partial charge in [0, 0.05) is 0 Å². The predicted octanol–water partition coefficient (Wildman–Crippen LogP) is 3.00. The minimum absolute atomic E-state index is 0.495. The summed E-state index contributed by atoms with van der Waals surface area (Å²) in [6, 6.07) is 6.62. The molecule has 0 spiro atoms. The highest BCUT2D eigenvalue weighted by atomic mass is 14.6. The zero-order chi connectivity index (χ0) is 10.7. The lowest BCUT2D eigenvalue weighted by Gasteiger charge is -2.21. The van der Waals surface area contributed by atoms with Crippen LogP contribution in [-0.2, 0) is 0 Å². The molecule has 0 heterocycles. The van der Waals surface area contributed by atoms with E-state index < -0.39 is 0 Å². The number of aryl methyl sites for hydroxylation is 2. The van der Waals surface area contributed by atoms with Crippen molar-refractivity contribution in [3.8, 4) is 0 Å². The van der Waals surface area contributed by atoms with Crippen molar-refractivity contribution in [2.75, 3.05) is 6.54 Å². The molecule has 1 atom stereocenters. The summed E-state index contributed by atoms with van der Waals surface area (Å²) >= 11 is 0. The van der Waals surface area contributed by atoms with Gasteiger partial charge in [-0.05, 0) is 43.4 Å². The third-order valence-electron chi connectivity index (χ3n) is 2.89. The van der Waals surface area contributed by atoms with Gasteiger partial charge < -0.3 is 5.73 Å². The van der Waals surface area contributed by atoms with E-state index in [-0.39, 0.29) is 0 Å². The molecule has 0 aromatic heterocycles. The number of hydrogen-bond acceptors (Lipinski definition) is 1. The second kappa shape index (κ2) is 4.61. The standard InChI is InChI=1S/C13H21N/c1-9(2)13(8-14)12-7-10(3)5-6-11(12)4/h5-7,9,13H,8,14H2,1-4H3. The van der Waals surface area contributed by atoms with Crippen LogP contribution in [-0.4, -0.2) is 6.54 Å². The third-order valence-corrected chi connectivity index (χ3v) is 2.89. The van der Waals surface area contributed by atoms with Crippen molar-refractivity contribution in [3.63, 3.8) is 0 Å². The van der Waals surface area contributed by atoms with Gasteiger partial charge in [0.05, 0.1) is 0 Å². The van der Waals surface area contributed by atoms with E-state index in [9.17, 15) is 0 Å². The first-order valence-corrected chi connectivity index (χ1v) is 5.33. The molecular formula is C13H21N. The fourth-order valence-electron chi connectivity index (χ4n) is 1.92. The molecular weight excluding hydrogens is 170 g/mol. The van der Waals surface area contributed by atoms with Crippen molar-refractivity contribution < 1.29 is 0 Å². The summed E-state index contributed by atoms with van der Waals surface area (Å²) in [5, 5.41) is 0. The lowest BCUT2D eigenvalue weighted by atomic mass is 9.85. The Hall–Kier alpha value is -0.820. The zero-order valence-corrected chi connectivity index (χ0v) is 9.67. The monoisotopic (exact) mass is 191 g/mol. The zero-order valence-electron chi connectivity index (χ0n) is 9.67. The first kappa shape index (κ1) is 11.3. The molecule has 1 nitrogen and oxygen atoms in total. The van der Waals surface area contributed by atoms with Crippen molar-refractivity contribution >= 4 is 0 Å². The smallest absolute Gasteiger partial charge is 0.000567 e. The third kappa shape index (κ3) is 2.36. The molecule has 14 heavy (non-hydrogen) atoms. The Labute approximate surface area is 87.3 Å². The number of hydrogen-bond donors (Lipinski definition) is 1. The molecule has 1 aromatic rings. The summed E-state index contributed by atoms with van der Waals surface area (Å²) in [6.45, 7) is 9.51. The summed E-state index contributed by atoms with van der Waals surface area (Å²) in [7, 11) is 0. The van der Waals surface area contributed by atoms with Crippen molar-refractivity contribution in [1.82, 2.24) is 0 Å². The van der Waals surface area contributed by atoms with Gasteiger partial charge in [-0.1, -0.05) is 37.6 Å². The summed E-state index contributed by atoms with van der Waals surface area (Å²) in [5.74, 6) is 1.11. The second-order valence-electron chi connectivity index (χ2n) is 4.45. The lowest BCUT2D eigenvalue weighted by Crippen LogP contribution is -2.18. The molecule has 1 unspecified atom stereocenters. The normalized spacial score (nSPS) is 13.3. The minimum Gasteiger partial charge on any atom is -0.330 e. The molecule has 1 rings (SSSR count). The Morgan fingerprint density at radius 3 is 2.36 bits per heavy atom. The number of nitrogens with two attached hydrogens (primary N) is 1. The van der Waals surface area contributed by atoms with Crippen molar-refractivity contribution in [3.05, 3.63) is 34.9 Å². The van der Waals surface area contributed by atoms with Crippen LogP contribution in [0.1, 0.15) is 36.5 Å². The maximum atomic E-state index is 5.82. The Morgan fingerprint density at radius 1 is 1.21 bits per heavy atom. The molecule has 0 fully saturated rings. The van der Waals surface area contributed by atoms with Crippen molar-refractivity contribution in [2.45, 2.75) is 33.6 Å². The molecule has 78 valence electrons. The first-order chi connectivity index (χ1) is 6.56. The summed E-state index contributed by atoms with van der Waals surface area (Å²) in [4.78, 5) is 0. The molecule has 0 saturated heterocycles. The fraction of sp³-hybridized carbons (Fsp3) is 0.538. The molecule has 2 N–H and O–H groups in total. The summed E-state index contributed by atoms with van der Waals surface area (Å²) in [5.41, 5.74) is 9.93. The van der Waals surface area contributed by atoms with E-state index in [0.29, 0.717) is 11.8 Å². The lowest BCUT2D eigenvalue weighted by molar-refractivity contribution is 0.504. The fourth-order valence-corrected chi connectivity index (χ4v) is 1.92. The predicted molar refractivity (Wildman–Crippen MR) is 62.5 cm³/mol. The van der Waals surface area contributed by atoms with Crippen LogP contribution < -0.4 is 5.73 Å². The maximum absolute atomic E-state index is 5.82. The van der Waals surface area contributed by atoms with Gasteiger partial charge in [0.15, 0.2) is 0 Å². The molecule has 0 aliphatic rings. The first-order valence-electron chi connectivity index (χ1n) is 5.33. The molecule has 1 heteroatoms. The Balaban J connectivity index is 3.08. The Bertz CT molecular complexity index is 302. The highest BCUT2D eigenvalue weighted by molar-refractivity contribution is 5.33. The van der Waals surface area contributed by atoms with Gasteiger partial charge in [-0.15, -0.1) is 0 Å². The van der Waals surface area contributed by atoms with Crippen LogP contribution in [0, 0.1) is 19.8 Å². The molecule has 0 bridgehead atoms. The molecule has 1 aromatic carbocycles. The molecule has 0 radical (unpaired) electrons. The van der Waals surface area contributed by atoms with Gasteiger partial charge in [-0.2, -0.15) is 0 Å². The summed E-state index contributed by atoms with van der Waals surface area (Å²) in [6.07, 6.45) is 0. The van der Waals surface area contributed by atoms with Crippen molar-refractivity contribution in [2.24, 2.45) is 11.7 Å². The van der Waals surface area contributed by atoms with Gasteiger partial charge in [-0.25, -0.2) is 0 Å². The topological polar surface area (TPSA) is 26.0 Å². The highest BCUT2D eigenvalue weighted by Gasteiger charge is 2.15. The maximum Gasteiger partial charge on any atom is -0.000567 e. The van der Waals surface area contributed by atoms with Gasteiger partial charge in [0.2, 0.25) is 0 Å². The number of rotatable bonds is 3. The van der Waals surface area contributed by atoms with E-state index in [2.05, 4.69) is 45.9 Å². The van der Waals surface area contributed by atoms with Crippen LogP contribution in [0.4, 0.5) is 0 Å². The molecule has 0 amide bonds. The van der Waals surface area contributed by atoms with Gasteiger partial charge in [-0.3, -0.25) is 0 Å². The van der Waals surface area contributed by atoms with E-state index in [1.165, 1.54) is 16.7 Å². The van der Waals surface area contributed by atoms with E-state index >= 15 is 0 Å². The van der Waals surface area contributed by atoms with E-state index in [4.69, 9.17) is 5.73 Å². The number of benzene rings is 1. The van der Waals surface area contributed by atoms with Gasteiger partial charge in [0.1, 0.15) is 0 Å². The largest absolute Gasteiger partial charge is 0.330 e. The SMILES string of the molecule is Cc1ccc(C)c(C(CN)C(C)C)c1. The summed E-state index contributed by atoms with van der Waals surface area (Å²) < 4.78 is 0. The van der Waals surface area contributed by atoms with E-state index in [1.54, 1.807) is 0 Å². The minimum atomic E-state index is 0.495. The van der Waals surface area contributed by atoms with Crippen LogP contribution in [0.3, 0.4) is 0 Å². The van der Waals surface area contributed by atoms with Crippen LogP contribution in [0.2, 0.25) is 0 Å². The van der Waals surface area contributed by atoms with Crippen molar-refractivity contribution in [1.29, 1.82) is 0 Å². The average Bonchev–Trinajstić information content (AvgIpc) is 2.11. The van der Waals surface area contributed by atoms with Crippen LogP contribution >= 0.6 is 0 Å².